The zero-order valence-corrected chi connectivity index (χ0v) is 23.4. The Labute approximate surface area is 248 Å². The molecule has 1 aliphatic rings. The zero-order valence-electron chi connectivity index (χ0n) is 23.4. The average Bonchev–Trinajstić information content (AvgIpc) is 3.47. The van der Waals surface area contributed by atoms with E-state index in [0.717, 1.165) is 27.8 Å². The van der Waals surface area contributed by atoms with Crippen molar-refractivity contribution in [2.45, 2.75) is 19.0 Å². The van der Waals surface area contributed by atoms with E-state index in [0.29, 0.717) is 31.0 Å². The Balaban J connectivity index is 1.05. The summed E-state index contributed by atoms with van der Waals surface area (Å²) in [7, 11) is 1.64. The molecule has 1 unspecified atom stereocenters. The number of ether oxygens (including phenoxy) is 2. The average molecular weight is 573 g/mol. The zero-order chi connectivity index (χ0) is 29.6. The number of amides is 2. The van der Waals surface area contributed by atoms with Crippen molar-refractivity contribution in [1.82, 2.24) is 25.1 Å². The fourth-order valence-corrected chi connectivity index (χ4v) is 4.68. The molecule has 214 valence electrons. The monoisotopic (exact) mass is 572 g/mol. The third kappa shape index (κ3) is 6.47. The number of benzene rings is 3. The van der Waals surface area contributed by atoms with Gasteiger partial charge in [0.05, 0.1) is 24.4 Å². The number of pyridine rings is 1. The minimum atomic E-state index is -0.913. The first-order valence-corrected chi connectivity index (χ1v) is 13.8. The second-order valence-electron chi connectivity index (χ2n) is 9.93. The third-order valence-electron chi connectivity index (χ3n) is 6.89. The first-order valence-electron chi connectivity index (χ1n) is 13.8. The Morgan fingerprint density at radius 2 is 1.95 bits per heavy atom. The summed E-state index contributed by atoms with van der Waals surface area (Å²) in [4.78, 5) is 36.1. The molecule has 0 saturated heterocycles. The van der Waals surface area contributed by atoms with Crippen LogP contribution in [0.25, 0.3) is 10.9 Å². The van der Waals surface area contributed by atoms with Crippen molar-refractivity contribution in [3.05, 3.63) is 108 Å². The van der Waals surface area contributed by atoms with Gasteiger partial charge in [-0.3, -0.25) is 14.6 Å². The minimum absolute atomic E-state index is 0.0210. The fourth-order valence-electron chi connectivity index (χ4n) is 4.68. The summed E-state index contributed by atoms with van der Waals surface area (Å²) < 4.78 is 13.3. The summed E-state index contributed by atoms with van der Waals surface area (Å²) in [5.74, 6) is 6.65. The molecule has 43 heavy (non-hydrogen) atoms. The summed E-state index contributed by atoms with van der Waals surface area (Å²) in [6, 6.07) is 23.9. The molecule has 0 radical (unpaired) electrons. The van der Waals surface area contributed by atoms with Crippen molar-refractivity contribution < 1.29 is 19.1 Å². The first-order chi connectivity index (χ1) is 21.0. The van der Waals surface area contributed by atoms with E-state index < -0.39 is 11.9 Å². The molecule has 2 aromatic heterocycles. The van der Waals surface area contributed by atoms with E-state index in [1.807, 2.05) is 66.7 Å². The van der Waals surface area contributed by atoms with E-state index in [2.05, 4.69) is 32.2 Å². The summed E-state index contributed by atoms with van der Waals surface area (Å²) in [5, 5.41) is 7.99. The van der Waals surface area contributed by atoms with Gasteiger partial charge in [0.15, 0.2) is 0 Å². The highest BCUT2D eigenvalue weighted by Crippen LogP contribution is 2.31. The van der Waals surface area contributed by atoms with Crippen LogP contribution in [0.15, 0.2) is 91.4 Å². The number of carbonyl (C=O) groups is 2. The molecule has 1 aliphatic heterocycles. The van der Waals surface area contributed by atoms with Gasteiger partial charge in [-0.05, 0) is 48.0 Å². The Bertz CT molecular complexity index is 1840. The van der Waals surface area contributed by atoms with E-state index in [4.69, 9.17) is 9.47 Å². The molecule has 0 bridgehead atoms. The lowest BCUT2D eigenvalue weighted by atomic mass is 10.1. The second-order valence-corrected chi connectivity index (χ2v) is 9.93. The number of fused-ring (bicyclic) bond motifs is 2. The standard InChI is InChI=1S/C33H28N6O4/c1-38-29-18-23(8-5-6-17-42-26-13-14-27-25(19-26)11-7-16-34-27)12-15-30(29)43-21-28(33(38)41)36-32(40)31-35-22-39(37-31)20-24-9-3-2-4-10-24/h2-4,7,9-16,18-19,22,28H,6,17,20-21H2,1H3,(H,36,40). The highest BCUT2D eigenvalue weighted by molar-refractivity contribution is 6.02. The summed E-state index contributed by atoms with van der Waals surface area (Å²) in [6.45, 7) is 0.886. The van der Waals surface area contributed by atoms with E-state index >= 15 is 0 Å². The van der Waals surface area contributed by atoms with Crippen molar-refractivity contribution in [3.63, 3.8) is 0 Å². The minimum Gasteiger partial charge on any atom is -0.493 e. The lowest BCUT2D eigenvalue weighted by molar-refractivity contribution is -0.120. The molecule has 3 heterocycles. The lowest BCUT2D eigenvalue weighted by Gasteiger charge is -2.20. The van der Waals surface area contributed by atoms with Crippen LogP contribution in [-0.4, -0.2) is 57.9 Å². The Hall–Kier alpha value is -5.69. The van der Waals surface area contributed by atoms with Crippen LogP contribution in [0.3, 0.4) is 0 Å². The van der Waals surface area contributed by atoms with Crippen LogP contribution in [-0.2, 0) is 11.3 Å². The maximum Gasteiger partial charge on any atom is 0.291 e. The molecule has 0 spiro atoms. The van der Waals surface area contributed by atoms with Gasteiger partial charge in [0.1, 0.15) is 30.5 Å². The van der Waals surface area contributed by atoms with Gasteiger partial charge in [-0.2, -0.15) is 0 Å². The Morgan fingerprint density at radius 1 is 1.07 bits per heavy atom. The SMILES string of the molecule is CN1C(=O)C(NC(=O)c2ncn(Cc3ccccc3)n2)COc2ccc(C#CCCOc3ccc4ncccc4c3)cc21. The van der Waals surface area contributed by atoms with Crippen molar-refractivity contribution >= 4 is 28.4 Å². The van der Waals surface area contributed by atoms with Gasteiger partial charge >= 0.3 is 0 Å². The number of hydrogen-bond donors (Lipinski definition) is 1. The molecule has 10 heteroatoms. The van der Waals surface area contributed by atoms with Crippen molar-refractivity contribution in [3.8, 4) is 23.3 Å². The lowest BCUT2D eigenvalue weighted by Crippen LogP contribution is -2.49. The number of carbonyl (C=O) groups excluding carboxylic acids is 2. The number of anilines is 1. The highest BCUT2D eigenvalue weighted by atomic mass is 16.5. The Kier molecular flexibility index (Phi) is 7.95. The number of hydrogen-bond acceptors (Lipinski definition) is 7. The van der Waals surface area contributed by atoms with Crippen LogP contribution in [0.2, 0.25) is 0 Å². The third-order valence-corrected chi connectivity index (χ3v) is 6.89. The molecule has 1 N–H and O–H groups in total. The van der Waals surface area contributed by atoms with Gasteiger partial charge in [-0.25, -0.2) is 9.67 Å². The molecule has 6 rings (SSSR count). The van der Waals surface area contributed by atoms with Crippen LogP contribution < -0.4 is 19.7 Å². The van der Waals surface area contributed by atoms with Crippen LogP contribution in [0.4, 0.5) is 5.69 Å². The van der Waals surface area contributed by atoms with Crippen molar-refractivity contribution in [1.29, 1.82) is 0 Å². The van der Waals surface area contributed by atoms with E-state index in [-0.39, 0.29) is 18.3 Å². The number of nitrogens with one attached hydrogen (secondary N) is 1. The predicted octanol–water partition coefficient (Wildman–Crippen LogP) is 3.85. The van der Waals surface area contributed by atoms with Gasteiger partial charge in [-0.15, -0.1) is 5.10 Å². The number of rotatable bonds is 7. The fraction of sp³-hybridized carbons (Fsp3) is 0.182. The molecule has 3 aromatic carbocycles. The molecule has 1 atom stereocenters. The topological polar surface area (TPSA) is 111 Å². The quantitative estimate of drug-likeness (QED) is 0.233. The Morgan fingerprint density at radius 3 is 2.84 bits per heavy atom. The van der Waals surface area contributed by atoms with Crippen molar-refractivity contribution in [2.24, 2.45) is 0 Å². The molecule has 2 amide bonds. The van der Waals surface area contributed by atoms with E-state index in [9.17, 15) is 9.59 Å². The van der Waals surface area contributed by atoms with Gasteiger partial charge < -0.3 is 19.7 Å². The summed E-state index contributed by atoms with van der Waals surface area (Å²) >= 11 is 0. The van der Waals surface area contributed by atoms with Crippen LogP contribution in [0.1, 0.15) is 28.2 Å². The smallest absolute Gasteiger partial charge is 0.291 e. The van der Waals surface area contributed by atoms with Crippen LogP contribution >= 0.6 is 0 Å². The molecule has 5 aromatic rings. The predicted molar refractivity (Wildman–Crippen MR) is 161 cm³/mol. The molecular weight excluding hydrogens is 544 g/mol. The molecule has 0 fully saturated rings. The largest absolute Gasteiger partial charge is 0.493 e. The van der Waals surface area contributed by atoms with Gasteiger partial charge in [0, 0.05) is 30.6 Å². The molecule has 10 nitrogen and oxygen atoms in total. The van der Waals surface area contributed by atoms with Crippen LogP contribution in [0, 0.1) is 11.8 Å². The number of nitrogens with zero attached hydrogens (tertiary/aromatic N) is 5. The van der Waals surface area contributed by atoms with Gasteiger partial charge in [0.2, 0.25) is 5.82 Å². The van der Waals surface area contributed by atoms with E-state index in [1.165, 1.54) is 11.2 Å². The van der Waals surface area contributed by atoms with E-state index in [1.54, 1.807) is 30.1 Å². The maximum atomic E-state index is 13.3. The van der Waals surface area contributed by atoms with Crippen molar-refractivity contribution in [2.75, 3.05) is 25.2 Å². The maximum absolute atomic E-state index is 13.3. The number of likely N-dealkylation sites (N-methyl/N-ethyl adjacent to an activating group) is 1. The summed E-state index contributed by atoms with van der Waals surface area (Å²) in [5.41, 5.74) is 3.25. The molecule has 0 saturated carbocycles. The van der Waals surface area contributed by atoms with Gasteiger partial charge in [-0.1, -0.05) is 48.2 Å². The number of aromatic nitrogens is 4. The first kappa shape index (κ1) is 27.5. The normalized spacial score (nSPS) is 14.2. The summed E-state index contributed by atoms with van der Waals surface area (Å²) in [6.07, 6.45) is 3.78. The highest BCUT2D eigenvalue weighted by Gasteiger charge is 2.31. The molecular formula is C33H28N6O4. The van der Waals surface area contributed by atoms with Gasteiger partial charge in [0.25, 0.3) is 11.8 Å². The second kappa shape index (κ2) is 12.4. The van der Waals surface area contributed by atoms with Crippen LogP contribution in [0.5, 0.6) is 11.5 Å². The molecule has 0 aliphatic carbocycles.